The third kappa shape index (κ3) is 3.74. The van der Waals surface area contributed by atoms with Gasteiger partial charge in [-0.3, -0.25) is 10.2 Å². The molecule has 1 amide bonds. The summed E-state index contributed by atoms with van der Waals surface area (Å²) in [6, 6.07) is 8.13. The molecule has 1 saturated heterocycles. The molecule has 0 atom stereocenters. The van der Waals surface area contributed by atoms with E-state index in [2.05, 4.69) is 24.5 Å². The van der Waals surface area contributed by atoms with Crippen LogP contribution in [0.1, 0.15) is 25.3 Å². The second-order valence-corrected chi connectivity index (χ2v) is 4.79. The predicted molar refractivity (Wildman–Crippen MR) is 70.2 cm³/mol. The highest BCUT2D eigenvalue weighted by Crippen LogP contribution is 2.18. The fraction of sp³-hybridized carbons (Fsp3) is 0.500. The van der Waals surface area contributed by atoms with Crippen LogP contribution in [0.2, 0.25) is 0 Å². The van der Waals surface area contributed by atoms with Crippen molar-refractivity contribution in [2.45, 2.75) is 32.8 Å². The first-order valence-electron chi connectivity index (χ1n) is 6.39. The number of nitrogens with one attached hydrogen (secondary N) is 1. The Labute approximate surface area is 108 Å². The molecule has 0 aliphatic carbocycles. The first kappa shape index (κ1) is 12.9. The molecule has 1 aliphatic heterocycles. The summed E-state index contributed by atoms with van der Waals surface area (Å²) in [5.41, 5.74) is 4.05. The average Bonchev–Trinajstić information content (AvgIpc) is 2.34. The Morgan fingerprint density at radius 3 is 2.44 bits per heavy atom. The summed E-state index contributed by atoms with van der Waals surface area (Å²) in [6.45, 7) is 5.29. The topological polar surface area (TPSA) is 41.6 Å². The van der Waals surface area contributed by atoms with Crippen LogP contribution in [0.5, 0.6) is 5.75 Å². The number of hydrogen-bond donors (Lipinski definition) is 1. The molecule has 2 rings (SSSR count). The third-order valence-electron chi connectivity index (χ3n) is 3.08. The van der Waals surface area contributed by atoms with Crippen LogP contribution in [0.3, 0.4) is 0 Å². The maximum atomic E-state index is 10.9. The number of ether oxygens (including phenoxy) is 1. The highest BCUT2D eigenvalue weighted by atomic mass is 16.5. The van der Waals surface area contributed by atoms with E-state index in [1.54, 1.807) is 0 Å². The number of hydrogen-bond acceptors (Lipinski definition) is 3. The molecule has 98 valence electrons. The minimum absolute atomic E-state index is 0.00657. The number of carbonyl (C=O) groups is 1. The standard InChI is InChI=1S/C14H20N2O2/c1-11-3-5-13(6-4-11)18-14-7-9-16(10-8-14)15-12(2)17/h3-6,14H,7-10H2,1-2H3,(H,15,17). The quantitative estimate of drug-likeness (QED) is 0.888. The number of nitrogens with zero attached hydrogens (tertiary/aromatic N) is 1. The van der Waals surface area contributed by atoms with Crippen molar-refractivity contribution >= 4 is 5.91 Å². The monoisotopic (exact) mass is 248 g/mol. The van der Waals surface area contributed by atoms with Gasteiger partial charge in [-0.1, -0.05) is 17.7 Å². The largest absolute Gasteiger partial charge is 0.490 e. The lowest BCUT2D eigenvalue weighted by molar-refractivity contribution is -0.124. The summed E-state index contributed by atoms with van der Waals surface area (Å²) in [5, 5.41) is 1.96. The molecule has 1 aromatic carbocycles. The highest BCUT2D eigenvalue weighted by molar-refractivity contribution is 5.72. The van der Waals surface area contributed by atoms with Gasteiger partial charge in [0.2, 0.25) is 5.91 Å². The molecule has 18 heavy (non-hydrogen) atoms. The average molecular weight is 248 g/mol. The molecular formula is C14H20N2O2. The number of hydrazine groups is 1. The summed E-state index contributed by atoms with van der Waals surface area (Å²) < 4.78 is 5.92. The number of piperidine rings is 1. The first-order valence-corrected chi connectivity index (χ1v) is 6.39. The summed E-state index contributed by atoms with van der Waals surface area (Å²) in [4.78, 5) is 10.9. The highest BCUT2D eigenvalue weighted by Gasteiger charge is 2.20. The number of aryl methyl sites for hydroxylation is 1. The van der Waals surface area contributed by atoms with Crippen molar-refractivity contribution in [3.8, 4) is 5.75 Å². The van der Waals surface area contributed by atoms with Gasteiger partial charge in [-0.2, -0.15) is 0 Å². The van der Waals surface area contributed by atoms with E-state index in [-0.39, 0.29) is 12.0 Å². The number of amides is 1. The lowest BCUT2D eigenvalue weighted by Gasteiger charge is -2.31. The Balaban J connectivity index is 1.79. The molecular weight excluding hydrogens is 228 g/mol. The van der Waals surface area contributed by atoms with Crippen molar-refractivity contribution in [3.63, 3.8) is 0 Å². The van der Waals surface area contributed by atoms with Gasteiger partial charge in [0.15, 0.2) is 0 Å². The summed E-state index contributed by atoms with van der Waals surface area (Å²) in [7, 11) is 0. The predicted octanol–water partition coefficient (Wildman–Crippen LogP) is 1.89. The van der Waals surface area contributed by atoms with Gasteiger partial charge >= 0.3 is 0 Å². The molecule has 1 aliphatic rings. The van der Waals surface area contributed by atoms with Crippen molar-refractivity contribution in [2.75, 3.05) is 13.1 Å². The molecule has 0 bridgehead atoms. The van der Waals surface area contributed by atoms with Crippen LogP contribution in [-0.2, 0) is 4.79 Å². The molecule has 0 aromatic heterocycles. The Morgan fingerprint density at radius 2 is 1.89 bits per heavy atom. The van der Waals surface area contributed by atoms with E-state index in [9.17, 15) is 4.79 Å². The van der Waals surface area contributed by atoms with Crippen molar-refractivity contribution in [1.29, 1.82) is 0 Å². The van der Waals surface area contributed by atoms with Crippen molar-refractivity contribution in [3.05, 3.63) is 29.8 Å². The molecule has 0 spiro atoms. The fourth-order valence-corrected chi connectivity index (χ4v) is 2.12. The van der Waals surface area contributed by atoms with Crippen LogP contribution in [0.15, 0.2) is 24.3 Å². The first-order chi connectivity index (χ1) is 8.63. The smallest absolute Gasteiger partial charge is 0.231 e. The Bertz CT molecular complexity index is 395. The van der Waals surface area contributed by atoms with Gasteiger partial charge < -0.3 is 4.74 Å². The van der Waals surface area contributed by atoms with Crippen LogP contribution in [0.4, 0.5) is 0 Å². The number of carbonyl (C=O) groups excluding carboxylic acids is 1. The maximum Gasteiger partial charge on any atom is 0.231 e. The third-order valence-corrected chi connectivity index (χ3v) is 3.08. The van der Waals surface area contributed by atoms with Crippen molar-refractivity contribution in [2.24, 2.45) is 0 Å². The zero-order chi connectivity index (χ0) is 13.0. The minimum atomic E-state index is -0.00657. The summed E-state index contributed by atoms with van der Waals surface area (Å²) in [6.07, 6.45) is 2.13. The van der Waals surface area contributed by atoms with Gasteiger partial charge in [0.05, 0.1) is 0 Å². The van der Waals surface area contributed by atoms with Crippen LogP contribution in [0.25, 0.3) is 0 Å². The molecule has 0 saturated carbocycles. The number of rotatable bonds is 3. The second kappa shape index (κ2) is 5.87. The van der Waals surface area contributed by atoms with Gasteiger partial charge in [-0.05, 0) is 31.9 Å². The van der Waals surface area contributed by atoms with Crippen molar-refractivity contribution in [1.82, 2.24) is 10.4 Å². The molecule has 1 aromatic rings. The molecule has 1 N–H and O–H groups in total. The van der Waals surface area contributed by atoms with Crippen LogP contribution >= 0.6 is 0 Å². The Morgan fingerprint density at radius 1 is 1.28 bits per heavy atom. The van der Waals surface area contributed by atoms with E-state index in [1.807, 2.05) is 17.1 Å². The van der Waals surface area contributed by atoms with Gasteiger partial charge in [-0.15, -0.1) is 0 Å². The number of benzene rings is 1. The van der Waals surface area contributed by atoms with E-state index < -0.39 is 0 Å². The lowest BCUT2D eigenvalue weighted by atomic mass is 10.1. The summed E-state index contributed by atoms with van der Waals surface area (Å²) >= 11 is 0. The fourth-order valence-electron chi connectivity index (χ4n) is 2.12. The SMILES string of the molecule is CC(=O)NN1CCC(Oc2ccc(C)cc2)CC1. The van der Waals surface area contributed by atoms with E-state index >= 15 is 0 Å². The van der Waals surface area contributed by atoms with Gasteiger partial charge in [-0.25, -0.2) is 5.01 Å². The van der Waals surface area contributed by atoms with E-state index in [4.69, 9.17) is 4.74 Å². The normalized spacial score (nSPS) is 17.4. The second-order valence-electron chi connectivity index (χ2n) is 4.79. The van der Waals surface area contributed by atoms with Crippen LogP contribution in [-0.4, -0.2) is 30.1 Å². The van der Waals surface area contributed by atoms with Crippen LogP contribution < -0.4 is 10.2 Å². The molecule has 0 radical (unpaired) electrons. The van der Waals surface area contributed by atoms with Gasteiger partial charge in [0.1, 0.15) is 11.9 Å². The van der Waals surface area contributed by atoms with Gasteiger partial charge in [0.25, 0.3) is 0 Å². The van der Waals surface area contributed by atoms with Crippen LogP contribution in [0, 0.1) is 6.92 Å². The molecule has 0 unspecified atom stereocenters. The van der Waals surface area contributed by atoms with Gasteiger partial charge in [0, 0.05) is 20.0 Å². The Hall–Kier alpha value is -1.55. The molecule has 1 heterocycles. The van der Waals surface area contributed by atoms with E-state index in [1.165, 1.54) is 12.5 Å². The summed E-state index contributed by atoms with van der Waals surface area (Å²) in [5.74, 6) is 0.923. The molecule has 4 heteroatoms. The molecule has 1 fully saturated rings. The lowest BCUT2D eigenvalue weighted by Crippen LogP contribution is -2.47. The van der Waals surface area contributed by atoms with E-state index in [0.717, 1.165) is 31.7 Å². The van der Waals surface area contributed by atoms with E-state index in [0.29, 0.717) is 0 Å². The van der Waals surface area contributed by atoms with Crippen molar-refractivity contribution < 1.29 is 9.53 Å². The maximum absolute atomic E-state index is 10.9. The zero-order valence-electron chi connectivity index (χ0n) is 11.0. The molecule has 4 nitrogen and oxygen atoms in total. The Kier molecular flexibility index (Phi) is 4.20. The minimum Gasteiger partial charge on any atom is -0.490 e. The zero-order valence-corrected chi connectivity index (χ0v) is 11.0.